The molecule has 0 radical (unpaired) electrons. The van der Waals surface area contributed by atoms with E-state index in [9.17, 15) is 0 Å². The van der Waals surface area contributed by atoms with Crippen LogP contribution in [0.2, 0.25) is 0 Å². The highest BCUT2D eigenvalue weighted by molar-refractivity contribution is 5.00. The van der Waals surface area contributed by atoms with E-state index < -0.39 is 0 Å². The summed E-state index contributed by atoms with van der Waals surface area (Å²) < 4.78 is 0. The summed E-state index contributed by atoms with van der Waals surface area (Å²) in [5.41, 5.74) is 0.399. The van der Waals surface area contributed by atoms with Gasteiger partial charge in [0.25, 0.3) is 0 Å². The van der Waals surface area contributed by atoms with Crippen molar-refractivity contribution in [1.82, 2.24) is 0 Å². The summed E-state index contributed by atoms with van der Waals surface area (Å²) in [5, 5.41) is 11.2. The van der Waals surface area contributed by atoms with Crippen LogP contribution in [0.1, 0.15) is 154 Å². The van der Waals surface area contributed by atoms with Gasteiger partial charge in [0.15, 0.2) is 0 Å². The molecule has 0 N–H and O–H groups in total. The predicted octanol–water partition coefficient (Wildman–Crippen LogP) is 9.57. The Labute approximate surface area is 187 Å². The largest absolute Gasteiger partial charge is 0.187 e. The molecule has 0 aromatic carbocycles. The third-order valence-corrected chi connectivity index (χ3v) is 9.62. The molecule has 0 heterocycles. The molecule has 0 spiro atoms. The first kappa shape index (κ1) is 22.8. The van der Waals surface area contributed by atoms with Gasteiger partial charge in [-0.15, -0.1) is 0 Å². The van der Waals surface area contributed by atoms with Crippen molar-refractivity contribution < 1.29 is 0 Å². The van der Waals surface area contributed by atoms with Crippen LogP contribution >= 0.6 is 0 Å². The van der Waals surface area contributed by atoms with Gasteiger partial charge in [0.2, 0.25) is 0 Å². The number of hydrogen-bond acceptors (Lipinski definition) is 2. The lowest BCUT2D eigenvalue weighted by molar-refractivity contribution is 0.166. The van der Waals surface area contributed by atoms with E-state index in [1.54, 1.807) is 0 Å². The first-order valence-electron chi connectivity index (χ1n) is 14.3. The Kier molecular flexibility index (Phi) is 8.70. The molecule has 2 heteroatoms. The minimum atomic E-state index is 0.199. The lowest BCUT2D eigenvalue weighted by Crippen LogP contribution is -2.39. The second-order valence-electron chi connectivity index (χ2n) is 11.6. The van der Waals surface area contributed by atoms with E-state index in [1.807, 2.05) is 0 Å². The number of nitrogens with zero attached hydrogens (tertiary/aromatic N) is 2. The smallest absolute Gasteiger partial charge is 0.0844 e. The molecule has 4 aliphatic carbocycles. The number of rotatable bonds is 4. The van der Waals surface area contributed by atoms with Crippen molar-refractivity contribution in [3.05, 3.63) is 0 Å². The maximum absolute atomic E-state index is 5.61. The van der Waals surface area contributed by atoms with Crippen LogP contribution in [0.3, 0.4) is 0 Å². The Balaban J connectivity index is 1.62. The zero-order valence-electron chi connectivity index (χ0n) is 20.0. The average molecular weight is 415 g/mol. The van der Waals surface area contributed by atoms with Gasteiger partial charge in [-0.2, -0.15) is 10.2 Å². The van der Waals surface area contributed by atoms with E-state index in [0.29, 0.717) is 0 Å². The molecule has 4 saturated carbocycles. The quantitative estimate of drug-likeness (QED) is 0.323. The molecule has 0 saturated heterocycles. The molecule has 4 aliphatic rings. The van der Waals surface area contributed by atoms with Crippen LogP contribution in [-0.2, 0) is 0 Å². The summed E-state index contributed by atoms with van der Waals surface area (Å²) in [6, 6.07) is 0. The Morgan fingerprint density at radius 3 is 0.900 bits per heavy atom. The summed E-state index contributed by atoms with van der Waals surface area (Å²) in [7, 11) is 0. The monoisotopic (exact) mass is 414 g/mol. The normalized spacial score (nSPS) is 30.3. The SMILES string of the molecule is C1CCCC(C2(N=NC3(C4CCCCCC4)CCCCCC3)CCCCCC2)CC1. The zero-order valence-corrected chi connectivity index (χ0v) is 20.0. The second-order valence-corrected chi connectivity index (χ2v) is 11.6. The van der Waals surface area contributed by atoms with E-state index in [-0.39, 0.29) is 11.1 Å². The van der Waals surface area contributed by atoms with Crippen molar-refractivity contribution >= 4 is 0 Å². The zero-order chi connectivity index (χ0) is 20.5. The van der Waals surface area contributed by atoms with Gasteiger partial charge < -0.3 is 0 Å². The van der Waals surface area contributed by atoms with Crippen LogP contribution in [0.25, 0.3) is 0 Å². The molecule has 0 atom stereocenters. The maximum atomic E-state index is 5.61. The molecule has 2 nitrogen and oxygen atoms in total. The van der Waals surface area contributed by atoms with Gasteiger partial charge in [-0.1, -0.05) is 103 Å². The molecule has 0 aromatic heterocycles. The van der Waals surface area contributed by atoms with Crippen molar-refractivity contribution in [2.24, 2.45) is 22.1 Å². The van der Waals surface area contributed by atoms with Gasteiger partial charge in [-0.25, -0.2) is 0 Å². The van der Waals surface area contributed by atoms with E-state index in [2.05, 4.69) is 0 Å². The van der Waals surface area contributed by atoms with Gasteiger partial charge >= 0.3 is 0 Å². The first-order chi connectivity index (χ1) is 14.8. The van der Waals surface area contributed by atoms with E-state index in [4.69, 9.17) is 10.2 Å². The number of hydrogen-bond donors (Lipinski definition) is 0. The summed E-state index contributed by atoms with van der Waals surface area (Å²) in [6.07, 6.45) is 33.9. The van der Waals surface area contributed by atoms with Crippen LogP contribution in [0.5, 0.6) is 0 Å². The van der Waals surface area contributed by atoms with E-state index in [1.165, 1.54) is 154 Å². The molecule has 0 amide bonds. The van der Waals surface area contributed by atoms with Crippen LogP contribution in [-0.4, -0.2) is 11.1 Å². The fourth-order valence-electron chi connectivity index (χ4n) is 7.69. The average Bonchev–Trinajstić information content (AvgIpc) is 3.35. The third-order valence-electron chi connectivity index (χ3n) is 9.62. The highest BCUT2D eigenvalue weighted by Crippen LogP contribution is 2.47. The van der Waals surface area contributed by atoms with Gasteiger partial charge in [0.05, 0.1) is 11.1 Å². The van der Waals surface area contributed by atoms with Crippen LogP contribution in [0.15, 0.2) is 10.2 Å². The summed E-state index contributed by atoms with van der Waals surface area (Å²) >= 11 is 0. The molecule has 172 valence electrons. The molecule has 0 aromatic rings. The first-order valence-corrected chi connectivity index (χ1v) is 14.3. The standard InChI is InChI=1S/C28H50N2/c1-2-10-18-25(17-9-1)27(21-13-5-6-14-22-27)29-30-28(23-15-7-8-16-24-28)26-19-11-3-4-12-20-26/h25-26H,1-24H2. The minimum absolute atomic E-state index is 0.199. The Morgan fingerprint density at radius 1 is 0.333 bits per heavy atom. The molecule has 30 heavy (non-hydrogen) atoms. The fraction of sp³-hybridized carbons (Fsp3) is 1.00. The highest BCUT2D eigenvalue weighted by atomic mass is 15.2. The van der Waals surface area contributed by atoms with Crippen molar-refractivity contribution in [3.63, 3.8) is 0 Å². The van der Waals surface area contributed by atoms with Crippen molar-refractivity contribution in [3.8, 4) is 0 Å². The summed E-state index contributed by atoms with van der Waals surface area (Å²) in [5.74, 6) is 1.64. The van der Waals surface area contributed by atoms with Crippen LogP contribution < -0.4 is 0 Å². The highest BCUT2D eigenvalue weighted by Gasteiger charge is 2.43. The van der Waals surface area contributed by atoms with Crippen molar-refractivity contribution in [1.29, 1.82) is 0 Å². The number of azo groups is 1. The van der Waals surface area contributed by atoms with Crippen LogP contribution in [0.4, 0.5) is 0 Å². The van der Waals surface area contributed by atoms with E-state index in [0.717, 1.165) is 11.8 Å². The van der Waals surface area contributed by atoms with E-state index >= 15 is 0 Å². The topological polar surface area (TPSA) is 24.7 Å². The summed E-state index contributed by atoms with van der Waals surface area (Å²) in [4.78, 5) is 0. The molecule has 0 unspecified atom stereocenters. The Morgan fingerprint density at radius 2 is 0.600 bits per heavy atom. The van der Waals surface area contributed by atoms with Gasteiger partial charge in [-0.05, 0) is 63.2 Å². The van der Waals surface area contributed by atoms with Gasteiger partial charge in [0, 0.05) is 0 Å². The predicted molar refractivity (Wildman–Crippen MR) is 128 cm³/mol. The lowest BCUT2D eigenvalue weighted by atomic mass is 9.73. The third kappa shape index (κ3) is 5.69. The maximum Gasteiger partial charge on any atom is 0.0844 e. The Hall–Kier alpha value is -0.400. The second kappa shape index (κ2) is 11.5. The molecule has 0 bridgehead atoms. The lowest BCUT2D eigenvalue weighted by Gasteiger charge is -2.40. The van der Waals surface area contributed by atoms with Crippen molar-refractivity contribution in [2.45, 2.75) is 165 Å². The van der Waals surface area contributed by atoms with Crippen LogP contribution in [0, 0.1) is 11.8 Å². The molecule has 4 fully saturated rings. The van der Waals surface area contributed by atoms with Gasteiger partial charge in [-0.3, -0.25) is 0 Å². The molecular formula is C28H50N2. The van der Waals surface area contributed by atoms with Gasteiger partial charge in [0.1, 0.15) is 0 Å². The molecule has 4 rings (SSSR count). The van der Waals surface area contributed by atoms with Crippen molar-refractivity contribution in [2.75, 3.05) is 0 Å². The summed E-state index contributed by atoms with van der Waals surface area (Å²) in [6.45, 7) is 0. The molecular weight excluding hydrogens is 364 g/mol. The Bertz CT molecular complexity index is 447. The molecule has 0 aliphatic heterocycles. The minimum Gasteiger partial charge on any atom is -0.187 e. The fourth-order valence-corrected chi connectivity index (χ4v) is 7.69.